The Morgan fingerprint density at radius 1 is 1.45 bits per heavy atom. The molecule has 0 saturated carbocycles. The van der Waals surface area contributed by atoms with E-state index in [1.54, 1.807) is 18.4 Å². The molecule has 1 aromatic heterocycles. The number of aromatic nitrogens is 1. The highest BCUT2D eigenvalue weighted by molar-refractivity contribution is 8.13. The van der Waals surface area contributed by atoms with Crippen LogP contribution in [0.1, 0.15) is 19.4 Å². The number of benzene rings is 1. The van der Waals surface area contributed by atoms with E-state index in [0.29, 0.717) is 10.7 Å². The second kappa shape index (κ2) is 7.05. The Kier molecular flexibility index (Phi) is 3.22. The van der Waals surface area contributed by atoms with E-state index in [2.05, 4.69) is 9.98 Å². The summed E-state index contributed by atoms with van der Waals surface area (Å²) in [5.74, 6) is -0.490. The van der Waals surface area contributed by atoms with Crippen molar-refractivity contribution in [3.8, 4) is 5.75 Å². The Morgan fingerprint density at radius 2 is 2.30 bits per heavy atom. The Balaban J connectivity index is 2.25. The first-order chi connectivity index (χ1) is 11.6. The van der Waals surface area contributed by atoms with Crippen LogP contribution in [0, 0.1) is 5.82 Å². The van der Waals surface area contributed by atoms with Gasteiger partial charge in [-0.1, -0.05) is 12.1 Å². The smallest absolute Gasteiger partial charge is 0.148 e. The molecule has 0 aliphatic carbocycles. The van der Waals surface area contributed by atoms with Crippen molar-refractivity contribution >= 4 is 22.5 Å². The van der Waals surface area contributed by atoms with Gasteiger partial charge in [-0.05, 0) is 37.4 Å². The molecular formula is C15H15FN2OS. The van der Waals surface area contributed by atoms with Crippen LogP contribution in [0.15, 0.2) is 47.6 Å². The molecule has 3 nitrogen and oxygen atoms in total. The lowest BCUT2D eigenvalue weighted by Gasteiger charge is -2.06. The summed E-state index contributed by atoms with van der Waals surface area (Å²) in [7, 11) is 0. The van der Waals surface area contributed by atoms with E-state index in [1.807, 2.05) is 0 Å². The second-order valence-corrected chi connectivity index (χ2v) is 4.45. The quantitative estimate of drug-likeness (QED) is 0.630. The molecular weight excluding hydrogens is 275 g/mol. The molecule has 104 valence electrons. The standard InChI is InChI=1S/C15H15FN2OS/c1-3-19-11-8-9-14(17-10-11)15(20-2)18-13-7-5-4-6-12(13)16/h4-10H,3H2,1-2H3/i1D3,3D2. The molecule has 0 bridgehead atoms. The van der Waals surface area contributed by atoms with E-state index in [4.69, 9.17) is 11.6 Å². The first kappa shape index (κ1) is 9.13. The molecule has 0 aliphatic rings. The highest BCUT2D eigenvalue weighted by Crippen LogP contribution is 2.21. The van der Waals surface area contributed by atoms with Gasteiger partial charge in [0.2, 0.25) is 0 Å². The molecule has 2 aromatic rings. The van der Waals surface area contributed by atoms with Crippen molar-refractivity contribution < 1.29 is 16.0 Å². The van der Waals surface area contributed by atoms with Crippen molar-refractivity contribution in [3.05, 3.63) is 54.1 Å². The molecule has 0 atom stereocenters. The van der Waals surface area contributed by atoms with Gasteiger partial charge in [-0.3, -0.25) is 4.98 Å². The fourth-order valence-electron chi connectivity index (χ4n) is 1.49. The molecule has 1 heterocycles. The largest absolute Gasteiger partial charge is 0.492 e. The summed E-state index contributed by atoms with van der Waals surface area (Å²) < 4.78 is 54.9. The third-order valence-electron chi connectivity index (χ3n) is 2.39. The van der Waals surface area contributed by atoms with Crippen molar-refractivity contribution in [2.45, 2.75) is 6.85 Å². The van der Waals surface area contributed by atoms with Crippen LogP contribution < -0.4 is 4.74 Å². The van der Waals surface area contributed by atoms with Crippen LogP contribution in [-0.4, -0.2) is 22.8 Å². The van der Waals surface area contributed by atoms with E-state index in [-0.39, 0.29) is 11.4 Å². The number of halogens is 1. The van der Waals surface area contributed by atoms with E-state index in [1.165, 1.54) is 42.2 Å². The van der Waals surface area contributed by atoms with Crippen LogP contribution in [0.2, 0.25) is 0 Å². The van der Waals surface area contributed by atoms with Gasteiger partial charge in [0.1, 0.15) is 22.3 Å². The minimum Gasteiger partial charge on any atom is -0.492 e. The van der Waals surface area contributed by atoms with Crippen LogP contribution in [0.3, 0.4) is 0 Å². The molecule has 1 aromatic carbocycles. The average Bonchev–Trinajstić information content (AvgIpc) is 2.54. The number of aliphatic imine (C=N–C) groups is 1. The van der Waals surface area contributed by atoms with Crippen molar-refractivity contribution in [2.24, 2.45) is 4.99 Å². The van der Waals surface area contributed by atoms with Crippen LogP contribution in [0.25, 0.3) is 0 Å². The molecule has 0 aliphatic heterocycles. The van der Waals surface area contributed by atoms with Gasteiger partial charge in [0.25, 0.3) is 0 Å². The number of rotatable bonds is 4. The molecule has 20 heavy (non-hydrogen) atoms. The third kappa shape index (κ3) is 3.57. The maximum absolute atomic E-state index is 13.7. The lowest BCUT2D eigenvalue weighted by Crippen LogP contribution is -1.99. The van der Waals surface area contributed by atoms with E-state index >= 15 is 0 Å². The number of thioether (sulfide) groups is 1. The fourth-order valence-corrected chi connectivity index (χ4v) is 2.00. The summed E-state index contributed by atoms with van der Waals surface area (Å²) in [5, 5.41) is 0.454. The molecule has 0 saturated heterocycles. The minimum atomic E-state index is -2.93. The third-order valence-corrected chi connectivity index (χ3v) is 3.08. The zero-order chi connectivity index (χ0) is 18.7. The van der Waals surface area contributed by atoms with Gasteiger partial charge in [-0.25, -0.2) is 9.38 Å². The Hall–Kier alpha value is -1.88. The summed E-state index contributed by atoms with van der Waals surface area (Å²) in [6.45, 7) is -5.76. The van der Waals surface area contributed by atoms with Crippen molar-refractivity contribution in [1.29, 1.82) is 0 Å². The van der Waals surface area contributed by atoms with Gasteiger partial charge in [0.05, 0.1) is 21.2 Å². The molecule has 0 amide bonds. The summed E-state index contributed by atoms with van der Waals surface area (Å²) >= 11 is 1.27. The number of hydrogen-bond acceptors (Lipinski definition) is 4. The summed E-state index contributed by atoms with van der Waals surface area (Å²) in [6, 6.07) is 8.96. The van der Waals surface area contributed by atoms with Gasteiger partial charge >= 0.3 is 0 Å². The summed E-state index contributed by atoms with van der Waals surface area (Å²) in [6.07, 6.45) is 2.96. The average molecular weight is 295 g/mol. The van der Waals surface area contributed by atoms with Crippen molar-refractivity contribution in [1.82, 2.24) is 4.98 Å². The fraction of sp³-hybridized carbons (Fsp3) is 0.200. The predicted octanol–water partition coefficient (Wildman–Crippen LogP) is 4.06. The molecule has 5 heteroatoms. The molecule has 0 spiro atoms. The maximum Gasteiger partial charge on any atom is 0.148 e. The van der Waals surface area contributed by atoms with E-state index in [9.17, 15) is 4.39 Å². The van der Waals surface area contributed by atoms with Gasteiger partial charge in [-0.15, -0.1) is 11.8 Å². The lowest BCUT2D eigenvalue weighted by molar-refractivity contribution is 0.339. The first-order valence-corrected chi connectivity index (χ1v) is 6.89. The second-order valence-electron chi connectivity index (χ2n) is 3.66. The summed E-state index contributed by atoms with van der Waals surface area (Å²) in [4.78, 5) is 8.32. The predicted molar refractivity (Wildman–Crippen MR) is 81.5 cm³/mol. The lowest BCUT2D eigenvalue weighted by atomic mass is 10.3. The van der Waals surface area contributed by atoms with Crippen LogP contribution in [0.5, 0.6) is 5.75 Å². The number of ether oxygens (including phenoxy) is 1. The van der Waals surface area contributed by atoms with Crippen molar-refractivity contribution in [3.63, 3.8) is 0 Å². The van der Waals surface area contributed by atoms with E-state index < -0.39 is 19.2 Å². The Labute approximate surface area is 128 Å². The summed E-state index contributed by atoms with van der Waals surface area (Å²) in [5.41, 5.74) is 0.602. The van der Waals surface area contributed by atoms with Gasteiger partial charge in [-0.2, -0.15) is 0 Å². The molecule has 0 fully saturated rings. The van der Waals surface area contributed by atoms with Gasteiger partial charge < -0.3 is 4.74 Å². The SMILES string of the molecule is [2H]C([2H])([2H])C([2H])([2H])Oc1ccc(C(=Nc2ccccc2F)SC)nc1. The zero-order valence-corrected chi connectivity index (χ0v) is 11.4. The van der Waals surface area contributed by atoms with Crippen molar-refractivity contribution in [2.75, 3.05) is 12.8 Å². The van der Waals surface area contributed by atoms with Gasteiger partial charge in [0.15, 0.2) is 0 Å². The number of hydrogen-bond donors (Lipinski definition) is 0. The van der Waals surface area contributed by atoms with E-state index in [0.717, 1.165) is 0 Å². The highest BCUT2D eigenvalue weighted by Gasteiger charge is 2.07. The minimum absolute atomic E-state index is 0.0313. The Bertz CT molecular complexity index is 765. The maximum atomic E-state index is 13.7. The highest BCUT2D eigenvalue weighted by atomic mass is 32.2. The molecule has 0 N–H and O–H groups in total. The molecule has 0 radical (unpaired) electrons. The van der Waals surface area contributed by atoms with Crippen LogP contribution >= 0.6 is 11.8 Å². The number of pyridine rings is 1. The monoisotopic (exact) mass is 295 g/mol. The van der Waals surface area contributed by atoms with Gasteiger partial charge in [0, 0.05) is 4.11 Å². The van der Waals surface area contributed by atoms with Crippen LogP contribution in [0.4, 0.5) is 10.1 Å². The zero-order valence-electron chi connectivity index (χ0n) is 15.6. The van der Waals surface area contributed by atoms with Crippen LogP contribution in [-0.2, 0) is 0 Å². The molecule has 2 rings (SSSR count). The normalized spacial score (nSPS) is 16.5. The topological polar surface area (TPSA) is 34.5 Å². The molecule has 0 unspecified atom stereocenters. The first-order valence-electron chi connectivity index (χ1n) is 8.17. The number of nitrogens with zero attached hydrogens (tertiary/aromatic N) is 2. The number of para-hydroxylation sites is 1. The Morgan fingerprint density at radius 3 is 2.95 bits per heavy atom.